The molecule has 3 rings (SSSR count). The van der Waals surface area contributed by atoms with E-state index in [1.54, 1.807) is 24.3 Å². The second kappa shape index (κ2) is 6.54. The number of carboxylic acid groups (broad SMARTS) is 1. The van der Waals surface area contributed by atoms with Crippen molar-refractivity contribution in [2.24, 2.45) is 10.2 Å². The number of carboxylic acids is 1. The number of aromatic hydroxyl groups is 1. The van der Waals surface area contributed by atoms with Crippen molar-refractivity contribution in [3.05, 3.63) is 60.2 Å². The summed E-state index contributed by atoms with van der Waals surface area (Å²) >= 11 is 0. The van der Waals surface area contributed by atoms with Gasteiger partial charge in [-0.3, -0.25) is 4.55 Å². The van der Waals surface area contributed by atoms with Crippen molar-refractivity contribution < 1.29 is 28.0 Å². The fraction of sp³-hybridized carbons (Fsp3) is 0. The summed E-state index contributed by atoms with van der Waals surface area (Å²) in [5.41, 5.74) is -0.634. The Morgan fingerprint density at radius 1 is 0.962 bits per heavy atom. The van der Waals surface area contributed by atoms with Crippen LogP contribution in [0.3, 0.4) is 0 Å². The van der Waals surface area contributed by atoms with E-state index in [1.165, 1.54) is 24.3 Å². The standard InChI is InChI=1S/C17H12N2O6S/c20-16-12(17(21)22)9-10-5-1-2-6-11(10)15(16)19-18-13-7-3-4-8-14(13)26(23,24)25/h1-9,20H,(H,21,22)(H,23,24,25). The molecule has 0 atom stereocenters. The number of hydrogen-bond acceptors (Lipinski definition) is 6. The van der Waals surface area contributed by atoms with Crippen LogP contribution in [0, 0.1) is 0 Å². The van der Waals surface area contributed by atoms with Gasteiger partial charge in [-0.2, -0.15) is 8.42 Å². The minimum atomic E-state index is -4.52. The lowest BCUT2D eigenvalue weighted by Crippen LogP contribution is -1.98. The van der Waals surface area contributed by atoms with Crippen molar-refractivity contribution in [3.63, 3.8) is 0 Å². The first-order chi connectivity index (χ1) is 12.3. The number of fused-ring (bicyclic) bond motifs is 1. The molecule has 0 unspecified atom stereocenters. The molecule has 0 fully saturated rings. The van der Waals surface area contributed by atoms with E-state index in [2.05, 4.69) is 10.2 Å². The molecule has 0 heterocycles. The van der Waals surface area contributed by atoms with E-state index >= 15 is 0 Å². The summed E-state index contributed by atoms with van der Waals surface area (Å²) in [6.45, 7) is 0. The number of carbonyl (C=O) groups is 1. The van der Waals surface area contributed by atoms with Crippen LogP contribution in [0.5, 0.6) is 5.75 Å². The van der Waals surface area contributed by atoms with Crippen molar-refractivity contribution in [1.82, 2.24) is 0 Å². The molecule has 0 aliphatic carbocycles. The normalized spacial score (nSPS) is 11.9. The minimum Gasteiger partial charge on any atom is -0.505 e. The summed E-state index contributed by atoms with van der Waals surface area (Å²) in [4.78, 5) is 10.9. The van der Waals surface area contributed by atoms with Crippen molar-refractivity contribution in [3.8, 4) is 5.75 Å². The van der Waals surface area contributed by atoms with Crippen LogP contribution in [0.15, 0.2) is 69.7 Å². The third-order valence-electron chi connectivity index (χ3n) is 3.63. The van der Waals surface area contributed by atoms with Gasteiger partial charge in [-0.15, -0.1) is 10.2 Å². The maximum Gasteiger partial charge on any atom is 0.339 e. The van der Waals surface area contributed by atoms with Gasteiger partial charge in [-0.25, -0.2) is 4.79 Å². The Bertz CT molecular complexity index is 1160. The molecule has 8 nitrogen and oxygen atoms in total. The molecule has 0 saturated heterocycles. The number of aromatic carboxylic acids is 1. The zero-order chi connectivity index (χ0) is 18.9. The highest BCUT2D eigenvalue weighted by atomic mass is 32.2. The van der Waals surface area contributed by atoms with E-state index in [4.69, 9.17) is 0 Å². The topological polar surface area (TPSA) is 137 Å². The van der Waals surface area contributed by atoms with Gasteiger partial charge in [0.1, 0.15) is 21.8 Å². The number of nitrogens with zero attached hydrogens (tertiary/aromatic N) is 2. The molecule has 0 aromatic heterocycles. The van der Waals surface area contributed by atoms with E-state index in [0.29, 0.717) is 10.8 Å². The molecule has 26 heavy (non-hydrogen) atoms. The lowest BCUT2D eigenvalue weighted by atomic mass is 10.0. The number of hydrogen-bond donors (Lipinski definition) is 3. The Kier molecular flexibility index (Phi) is 4.41. The van der Waals surface area contributed by atoms with E-state index < -0.39 is 26.7 Å². The van der Waals surface area contributed by atoms with Crippen LogP contribution in [0.25, 0.3) is 10.8 Å². The van der Waals surface area contributed by atoms with Crippen LogP contribution in [0.2, 0.25) is 0 Å². The summed E-state index contributed by atoms with van der Waals surface area (Å²) in [7, 11) is -4.52. The minimum absolute atomic E-state index is 0.120. The second-order valence-electron chi connectivity index (χ2n) is 5.29. The third kappa shape index (κ3) is 3.25. The van der Waals surface area contributed by atoms with Crippen molar-refractivity contribution in [2.75, 3.05) is 0 Å². The molecule has 132 valence electrons. The molecule has 3 aromatic rings. The number of phenols is 1. The third-order valence-corrected chi connectivity index (χ3v) is 4.53. The number of rotatable bonds is 4. The van der Waals surface area contributed by atoms with Gasteiger partial charge in [0.15, 0.2) is 5.75 Å². The van der Waals surface area contributed by atoms with Gasteiger partial charge in [-0.05, 0) is 23.6 Å². The summed E-state index contributed by atoms with van der Waals surface area (Å²) in [6.07, 6.45) is 0. The fourth-order valence-corrected chi connectivity index (χ4v) is 3.07. The molecule has 3 aromatic carbocycles. The monoisotopic (exact) mass is 372 g/mol. The molecular formula is C17H12N2O6S. The summed E-state index contributed by atoms with van der Waals surface area (Å²) in [6, 6.07) is 13.3. The molecule has 3 N–H and O–H groups in total. The summed E-state index contributed by atoms with van der Waals surface area (Å²) in [5.74, 6) is -1.94. The second-order valence-corrected chi connectivity index (χ2v) is 6.68. The van der Waals surface area contributed by atoms with Crippen molar-refractivity contribution in [2.45, 2.75) is 4.90 Å². The maximum absolute atomic E-state index is 11.4. The summed E-state index contributed by atoms with van der Waals surface area (Å²) < 4.78 is 32.1. The first-order valence-corrected chi connectivity index (χ1v) is 8.69. The molecular weight excluding hydrogens is 360 g/mol. The molecule has 0 aliphatic heterocycles. The van der Waals surface area contributed by atoms with Crippen molar-refractivity contribution >= 4 is 38.2 Å². The predicted molar refractivity (Wildman–Crippen MR) is 93.0 cm³/mol. The SMILES string of the molecule is O=C(O)c1cc2ccccc2c(N=Nc2ccccc2S(=O)(=O)O)c1O. The number of benzene rings is 3. The Morgan fingerprint density at radius 3 is 2.31 bits per heavy atom. The lowest BCUT2D eigenvalue weighted by Gasteiger charge is -2.08. The van der Waals surface area contributed by atoms with Gasteiger partial charge in [0.25, 0.3) is 10.1 Å². The zero-order valence-corrected chi connectivity index (χ0v) is 13.9. The van der Waals surface area contributed by atoms with E-state index in [0.717, 1.165) is 6.07 Å². The van der Waals surface area contributed by atoms with E-state index in [-0.39, 0.29) is 16.9 Å². The molecule has 0 saturated carbocycles. The van der Waals surface area contributed by atoms with Gasteiger partial charge in [0.2, 0.25) is 0 Å². The van der Waals surface area contributed by atoms with E-state index in [1.807, 2.05) is 0 Å². The largest absolute Gasteiger partial charge is 0.505 e. The van der Waals surface area contributed by atoms with Crippen LogP contribution < -0.4 is 0 Å². The van der Waals surface area contributed by atoms with Gasteiger partial charge >= 0.3 is 5.97 Å². The predicted octanol–water partition coefficient (Wildman–Crippen LogP) is 3.91. The smallest absolute Gasteiger partial charge is 0.339 e. The quantitative estimate of drug-likeness (QED) is 0.469. The number of azo groups is 1. The Labute approximate surface area is 147 Å². The Balaban J connectivity index is 2.23. The highest BCUT2D eigenvalue weighted by Crippen LogP contribution is 2.39. The van der Waals surface area contributed by atoms with Gasteiger partial charge < -0.3 is 10.2 Å². The molecule has 0 bridgehead atoms. The highest BCUT2D eigenvalue weighted by molar-refractivity contribution is 7.86. The maximum atomic E-state index is 11.4. The first kappa shape index (κ1) is 17.5. The van der Waals surface area contributed by atoms with Crippen LogP contribution in [0.1, 0.15) is 10.4 Å². The summed E-state index contributed by atoms with van der Waals surface area (Å²) in [5, 5.41) is 28.1. The highest BCUT2D eigenvalue weighted by Gasteiger charge is 2.18. The zero-order valence-electron chi connectivity index (χ0n) is 13.1. The molecule has 9 heteroatoms. The first-order valence-electron chi connectivity index (χ1n) is 7.25. The molecule has 0 amide bonds. The average molecular weight is 372 g/mol. The average Bonchev–Trinajstić information content (AvgIpc) is 2.59. The molecule has 0 spiro atoms. The molecule has 0 aliphatic rings. The van der Waals surface area contributed by atoms with Crippen LogP contribution in [-0.4, -0.2) is 29.2 Å². The van der Waals surface area contributed by atoms with Crippen molar-refractivity contribution in [1.29, 1.82) is 0 Å². The Morgan fingerprint density at radius 2 is 1.62 bits per heavy atom. The Hall–Kier alpha value is -3.30. The van der Waals surface area contributed by atoms with Gasteiger partial charge in [0, 0.05) is 5.39 Å². The van der Waals surface area contributed by atoms with E-state index in [9.17, 15) is 28.0 Å². The van der Waals surface area contributed by atoms with Gasteiger partial charge in [-0.1, -0.05) is 36.4 Å². The van der Waals surface area contributed by atoms with Gasteiger partial charge in [0.05, 0.1) is 0 Å². The van der Waals surface area contributed by atoms with Crippen LogP contribution >= 0.6 is 0 Å². The van der Waals surface area contributed by atoms with Crippen LogP contribution in [0.4, 0.5) is 11.4 Å². The lowest BCUT2D eigenvalue weighted by molar-refractivity contribution is 0.0694. The molecule has 0 radical (unpaired) electrons. The fourth-order valence-electron chi connectivity index (χ4n) is 2.44. The van der Waals surface area contributed by atoms with Crippen LogP contribution in [-0.2, 0) is 10.1 Å².